The zero-order valence-electron chi connectivity index (χ0n) is 10.1. The van der Waals surface area contributed by atoms with Gasteiger partial charge in [0.15, 0.2) is 0 Å². The fourth-order valence-corrected chi connectivity index (χ4v) is 1.35. The number of imide groups is 1. The lowest BCUT2D eigenvalue weighted by Gasteiger charge is -2.17. The molecule has 1 aromatic rings. The van der Waals surface area contributed by atoms with Crippen molar-refractivity contribution >= 4 is 11.9 Å². The average molecular weight is 239 g/mol. The third-order valence-corrected chi connectivity index (χ3v) is 2.33. The van der Waals surface area contributed by atoms with Crippen molar-refractivity contribution in [2.24, 2.45) is 0 Å². The predicted octanol–water partition coefficient (Wildman–Crippen LogP) is 0.774. The molecule has 0 saturated heterocycles. The van der Waals surface area contributed by atoms with Crippen LogP contribution in [-0.4, -0.2) is 25.0 Å². The minimum absolute atomic E-state index is 0.101. The van der Waals surface area contributed by atoms with Gasteiger partial charge in [0.25, 0.3) is 0 Å². The van der Waals surface area contributed by atoms with Crippen LogP contribution in [0.4, 0.5) is 4.79 Å². The Morgan fingerprint density at radius 3 is 2.59 bits per heavy atom. The van der Waals surface area contributed by atoms with Gasteiger partial charge >= 0.3 is 6.03 Å². The van der Waals surface area contributed by atoms with Gasteiger partial charge in [-0.15, -0.1) is 0 Å². The van der Waals surface area contributed by atoms with Gasteiger partial charge < -0.3 is 9.73 Å². The van der Waals surface area contributed by atoms with Gasteiger partial charge in [-0.3, -0.25) is 15.4 Å². The molecular formula is C11H17N3O3. The van der Waals surface area contributed by atoms with E-state index in [0.717, 1.165) is 5.76 Å². The monoisotopic (exact) mass is 239 g/mol. The van der Waals surface area contributed by atoms with E-state index in [1.165, 1.54) is 7.05 Å². The Bertz CT molecular complexity index is 375. The molecule has 1 aromatic heterocycles. The molecule has 0 bridgehead atoms. The van der Waals surface area contributed by atoms with Crippen LogP contribution in [-0.2, 0) is 4.79 Å². The normalized spacial score (nSPS) is 13.8. The van der Waals surface area contributed by atoms with Gasteiger partial charge in [-0.2, -0.15) is 0 Å². The van der Waals surface area contributed by atoms with Crippen molar-refractivity contribution in [3.8, 4) is 0 Å². The summed E-state index contributed by atoms with van der Waals surface area (Å²) in [6.45, 7) is 3.56. The minimum Gasteiger partial charge on any atom is -0.468 e. The standard InChI is InChI=1S/C11H17N3O3/c1-7(9-5-4-6-17-9)13-8(2)10(15)14-11(16)12-3/h4-8,13H,1-3H3,(H2,12,14,15,16)/t7-,8?/m0/s1. The number of hydrogen-bond donors (Lipinski definition) is 3. The molecule has 3 amide bonds. The molecule has 0 aliphatic heterocycles. The Morgan fingerprint density at radius 2 is 2.06 bits per heavy atom. The van der Waals surface area contributed by atoms with Crippen molar-refractivity contribution in [1.82, 2.24) is 16.0 Å². The third-order valence-electron chi connectivity index (χ3n) is 2.33. The summed E-state index contributed by atoms with van der Waals surface area (Å²) in [5, 5.41) is 7.54. The predicted molar refractivity (Wildman–Crippen MR) is 62.3 cm³/mol. The van der Waals surface area contributed by atoms with Gasteiger partial charge in [0.1, 0.15) is 5.76 Å². The molecule has 0 radical (unpaired) electrons. The highest BCUT2D eigenvalue weighted by Crippen LogP contribution is 2.12. The summed E-state index contributed by atoms with van der Waals surface area (Å²) in [6.07, 6.45) is 1.57. The SMILES string of the molecule is CNC(=O)NC(=O)C(C)N[C@@H](C)c1ccco1. The second-order valence-electron chi connectivity index (χ2n) is 3.69. The topological polar surface area (TPSA) is 83.4 Å². The summed E-state index contributed by atoms with van der Waals surface area (Å²) < 4.78 is 5.20. The zero-order chi connectivity index (χ0) is 12.8. The minimum atomic E-state index is -0.519. The summed E-state index contributed by atoms with van der Waals surface area (Å²) in [5.74, 6) is 0.354. The molecule has 1 unspecified atom stereocenters. The lowest BCUT2D eigenvalue weighted by atomic mass is 10.2. The summed E-state index contributed by atoms with van der Waals surface area (Å²) in [6, 6.07) is 2.49. The van der Waals surface area contributed by atoms with E-state index in [4.69, 9.17) is 4.42 Å². The van der Waals surface area contributed by atoms with E-state index in [9.17, 15) is 9.59 Å². The number of furan rings is 1. The van der Waals surface area contributed by atoms with Crippen LogP contribution in [0.25, 0.3) is 0 Å². The van der Waals surface area contributed by atoms with Crippen molar-refractivity contribution < 1.29 is 14.0 Å². The maximum absolute atomic E-state index is 11.6. The van der Waals surface area contributed by atoms with Crippen LogP contribution >= 0.6 is 0 Å². The lowest BCUT2D eigenvalue weighted by molar-refractivity contribution is -0.121. The first-order valence-corrected chi connectivity index (χ1v) is 5.36. The number of nitrogens with one attached hydrogen (secondary N) is 3. The Labute approximate surface area is 99.8 Å². The van der Waals surface area contributed by atoms with Gasteiger partial charge in [0.05, 0.1) is 18.3 Å². The highest BCUT2D eigenvalue weighted by atomic mass is 16.3. The summed E-state index contributed by atoms with van der Waals surface area (Å²) in [4.78, 5) is 22.5. The van der Waals surface area contributed by atoms with Crippen LogP contribution in [0.3, 0.4) is 0 Å². The van der Waals surface area contributed by atoms with E-state index in [-0.39, 0.29) is 11.9 Å². The Kier molecular flexibility index (Phi) is 4.71. The molecule has 2 atom stereocenters. The molecule has 0 saturated carbocycles. The van der Waals surface area contributed by atoms with Crippen LogP contribution < -0.4 is 16.0 Å². The maximum atomic E-state index is 11.6. The summed E-state index contributed by atoms with van der Waals surface area (Å²) in [5.41, 5.74) is 0. The quantitative estimate of drug-likeness (QED) is 0.724. The number of amides is 3. The second kappa shape index (κ2) is 6.05. The smallest absolute Gasteiger partial charge is 0.321 e. The van der Waals surface area contributed by atoms with E-state index in [2.05, 4.69) is 16.0 Å². The third kappa shape index (κ3) is 3.92. The van der Waals surface area contributed by atoms with Crippen LogP contribution in [0.2, 0.25) is 0 Å². The maximum Gasteiger partial charge on any atom is 0.321 e. The fraction of sp³-hybridized carbons (Fsp3) is 0.455. The first kappa shape index (κ1) is 13.2. The number of hydrogen-bond acceptors (Lipinski definition) is 4. The lowest BCUT2D eigenvalue weighted by Crippen LogP contribution is -2.47. The molecule has 0 aromatic carbocycles. The Hall–Kier alpha value is -1.82. The summed E-state index contributed by atoms with van der Waals surface area (Å²) >= 11 is 0. The largest absolute Gasteiger partial charge is 0.468 e. The van der Waals surface area contributed by atoms with Crippen LogP contribution in [0.1, 0.15) is 25.6 Å². The average Bonchev–Trinajstić information content (AvgIpc) is 2.82. The molecule has 0 aliphatic carbocycles. The van der Waals surface area contributed by atoms with Gasteiger partial charge in [0, 0.05) is 7.05 Å². The molecule has 0 fully saturated rings. The fourth-order valence-electron chi connectivity index (χ4n) is 1.35. The van der Waals surface area contributed by atoms with Crippen molar-refractivity contribution in [2.45, 2.75) is 25.9 Å². The molecular weight excluding hydrogens is 222 g/mol. The van der Waals surface area contributed by atoms with E-state index in [1.807, 2.05) is 13.0 Å². The first-order valence-electron chi connectivity index (χ1n) is 5.36. The molecule has 0 aliphatic rings. The molecule has 6 heteroatoms. The van der Waals surface area contributed by atoms with Crippen LogP contribution in [0.5, 0.6) is 0 Å². The number of carbonyl (C=O) groups excluding carboxylic acids is 2. The molecule has 3 N–H and O–H groups in total. The van der Waals surface area contributed by atoms with Crippen molar-refractivity contribution in [3.63, 3.8) is 0 Å². The van der Waals surface area contributed by atoms with Crippen molar-refractivity contribution in [1.29, 1.82) is 0 Å². The molecule has 0 spiro atoms. The van der Waals surface area contributed by atoms with E-state index >= 15 is 0 Å². The number of urea groups is 1. The number of rotatable bonds is 4. The van der Waals surface area contributed by atoms with Gasteiger partial charge in [-0.1, -0.05) is 0 Å². The van der Waals surface area contributed by atoms with Crippen LogP contribution in [0.15, 0.2) is 22.8 Å². The van der Waals surface area contributed by atoms with E-state index in [1.54, 1.807) is 19.3 Å². The second-order valence-corrected chi connectivity index (χ2v) is 3.69. The first-order chi connectivity index (χ1) is 8.04. The van der Waals surface area contributed by atoms with Crippen molar-refractivity contribution in [3.05, 3.63) is 24.2 Å². The number of carbonyl (C=O) groups is 2. The zero-order valence-corrected chi connectivity index (χ0v) is 10.1. The van der Waals surface area contributed by atoms with Gasteiger partial charge in [-0.05, 0) is 26.0 Å². The molecule has 17 heavy (non-hydrogen) atoms. The highest BCUT2D eigenvalue weighted by molar-refractivity contribution is 5.96. The van der Waals surface area contributed by atoms with Crippen LogP contribution in [0, 0.1) is 0 Å². The highest BCUT2D eigenvalue weighted by Gasteiger charge is 2.18. The molecule has 6 nitrogen and oxygen atoms in total. The van der Waals surface area contributed by atoms with Crippen molar-refractivity contribution in [2.75, 3.05) is 7.05 Å². The van der Waals surface area contributed by atoms with Gasteiger partial charge in [0.2, 0.25) is 5.91 Å². The summed E-state index contributed by atoms with van der Waals surface area (Å²) in [7, 11) is 1.45. The Balaban J connectivity index is 2.46. The van der Waals surface area contributed by atoms with E-state index in [0.29, 0.717) is 0 Å². The molecule has 1 rings (SSSR count). The van der Waals surface area contributed by atoms with E-state index < -0.39 is 12.1 Å². The van der Waals surface area contributed by atoms with Gasteiger partial charge in [-0.25, -0.2) is 4.79 Å². The Morgan fingerprint density at radius 1 is 1.35 bits per heavy atom. The molecule has 94 valence electrons. The molecule has 1 heterocycles.